The number of likely N-dealkylation sites (tertiary alicyclic amines) is 1. The van der Waals surface area contributed by atoms with Crippen LogP contribution in [0.2, 0.25) is 0 Å². The Kier molecular flexibility index (Phi) is 4.73. The normalized spacial score (nSPS) is 15.7. The van der Waals surface area contributed by atoms with Gasteiger partial charge in [0.25, 0.3) is 5.91 Å². The second-order valence-corrected chi connectivity index (χ2v) is 7.10. The van der Waals surface area contributed by atoms with Crippen LogP contribution in [0, 0.1) is 0 Å². The van der Waals surface area contributed by atoms with Gasteiger partial charge >= 0.3 is 0 Å². The molecule has 27 heavy (non-hydrogen) atoms. The van der Waals surface area contributed by atoms with Crippen LogP contribution in [0.3, 0.4) is 0 Å². The van der Waals surface area contributed by atoms with Crippen LogP contribution in [0.15, 0.2) is 48.7 Å². The van der Waals surface area contributed by atoms with E-state index in [0.29, 0.717) is 5.69 Å². The van der Waals surface area contributed by atoms with Crippen LogP contribution in [-0.4, -0.2) is 47.0 Å². The van der Waals surface area contributed by atoms with Crippen molar-refractivity contribution in [2.24, 2.45) is 0 Å². The van der Waals surface area contributed by atoms with E-state index in [4.69, 9.17) is 5.73 Å². The molecule has 1 aliphatic heterocycles. The summed E-state index contributed by atoms with van der Waals surface area (Å²) in [6, 6.07) is 13.8. The molecule has 6 heteroatoms. The number of rotatable bonds is 3. The lowest BCUT2D eigenvalue weighted by Crippen LogP contribution is -2.43. The maximum absolute atomic E-state index is 12.6. The molecule has 3 N–H and O–H groups in total. The molecule has 0 atom stereocenters. The van der Waals surface area contributed by atoms with Gasteiger partial charge in [-0.2, -0.15) is 0 Å². The first kappa shape index (κ1) is 17.4. The van der Waals surface area contributed by atoms with Crippen LogP contribution in [0.5, 0.6) is 0 Å². The predicted molar refractivity (Wildman–Crippen MR) is 107 cm³/mol. The topological polar surface area (TPSA) is 84.1 Å². The number of anilines is 1. The molecule has 0 radical (unpaired) electrons. The Hall–Kier alpha value is -2.99. The number of carbonyl (C=O) groups excluding carboxylic acids is 1. The van der Waals surface area contributed by atoms with Gasteiger partial charge in [0.1, 0.15) is 0 Å². The first-order chi connectivity index (χ1) is 13.1. The Balaban J connectivity index is 1.57. The summed E-state index contributed by atoms with van der Waals surface area (Å²) in [4.78, 5) is 23.5. The first-order valence-corrected chi connectivity index (χ1v) is 9.21. The maximum atomic E-state index is 12.6. The van der Waals surface area contributed by atoms with Crippen molar-refractivity contribution in [1.82, 2.24) is 20.2 Å². The molecule has 138 valence electrons. The van der Waals surface area contributed by atoms with Gasteiger partial charge in [-0.05, 0) is 56.6 Å². The monoisotopic (exact) mass is 361 g/mol. The number of aromatic nitrogens is 2. The molecule has 1 aromatic heterocycles. The van der Waals surface area contributed by atoms with Crippen LogP contribution < -0.4 is 11.1 Å². The first-order valence-electron chi connectivity index (χ1n) is 9.21. The molecular formula is C21H23N5O. The van der Waals surface area contributed by atoms with Crippen molar-refractivity contribution in [2.75, 3.05) is 25.9 Å². The minimum atomic E-state index is -0.216. The van der Waals surface area contributed by atoms with Gasteiger partial charge in [-0.1, -0.05) is 24.3 Å². The number of amides is 1. The second-order valence-electron chi connectivity index (χ2n) is 7.10. The van der Waals surface area contributed by atoms with E-state index in [1.807, 2.05) is 42.5 Å². The summed E-state index contributed by atoms with van der Waals surface area (Å²) in [5.74, 6) is -0.0146. The molecule has 0 saturated carbocycles. The molecule has 6 nitrogen and oxygen atoms in total. The van der Waals surface area contributed by atoms with Gasteiger partial charge in [0.05, 0.1) is 5.69 Å². The number of carbonyl (C=O) groups is 1. The highest BCUT2D eigenvalue weighted by molar-refractivity contribution is 5.96. The van der Waals surface area contributed by atoms with Crippen molar-refractivity contribution in [3.63, 3.8) is 0 Å². The van der Waals surface area contributed by atoms with Gasteiger partial charge in [-0.25, -0.2) is 9.97 Å². The van der Waals surface area contributed by atoms with E-state index in [1.165, 1.54) is 0 Å². The lowest BCUT2D eigenvalue weighted by molar-refractivity contribution is 0.0906. The molecular weight excluding hydrogens is 338 g/mol. The van der Waals surface area contributed by atoms with E-state index in [2.05, 4.69) is 27.2 Å². The van der Waals surface area contributed by atoms with E-state index in [9.17, 15) is 4.79 Å². The summed E-state index contributed by atoms with van der Waals surface area (Å²) in [6.45, 7) is 1.98. The molecule has 0 spiro atoms. The lowest BCUT2D eigenvalue weighted by atomic mass is 10.0. The van der Waals surface area contributed by atoms with E-state index in [-0.39, 0.29) is 17.8 Å². The van der Waals surface area contributed by atoms with Gasteiger partial charge in [0, 0.05) is 28.9 Å². The van der Waals surface area contributed by atoms with Crippen molar-refractivity contribution >= 4 is 22.4 Å². The molecule has 1 aliphatic rings. The smallest absolute Gasteiger partial charge is 0.289 e. The number of fused-ring (bicyclic) bond motifs is 1. The van der Waals surface area contributed by atoms with E-state index < -0.39 is 0 Å². The van der Waals surface area contributed by atoms with Crippen LogP contribution in [0.1, 0.15) is 23.5 Å². The lowest BCUT2D eigenvalue weighted by Gasteiger charge is -2.29. The zero-order valence-electron chi connectivity index (χ0n) is 15.4. The average Bonchev–Trinajstić information content (AvgIpc) is 2.70. The Morgan fingerprint density at radius 1 is 1.19 bits per heavy atom. The minimum Gasteiger partial charge on any atom is -0.398 e. The standard InChI is InChI=1S/C21H23N5O/c1-26-11-8-16(9-12-26)24-21(27)20-23-10-7-19(25-20)15-6-5-14-3-2-4-18(22)17(14)13-15/h2-7,10,13,16H,8-9,11-12,22H2,1H3,(H,24,27). The number of hydrogen-bond donors (Lipinski definition) is 2. The van der Waals surface area contributed by atoms with Gasteiger partial charge in [0.2, 0.25) is 5.82 Å². The zero-order chi connectivity index (χ0) is 18.8. The van der Waals surface area contributed by atoms with E-state index >= 15 is 0 Å². The van der Waals surface area contributed by atoms with Crippen molar-refractivity contribution in [3.8, 4) is 11.3 Å². The van der Waals surface area contributed by atoms with Crippen LogP contribution in [-0.2, 0) is 0 Å². The Labute approximate surface area is 158 Å². The molecule has 3 aromatic rings. The highest BCUT2D eigenvalue weighted by atomic mass is 16.2. The number of nitrogen functional groups attached to an aromatic ring is 1. The van der Waals surface area contributed by atoms with Gasteiger partial charge < -0.3 is 16.0 Å². The molecule has 2 aromatic carbocycles. The zero-order valence-corrected chi connectivity index (χ0v) is 15.4. The minimum absolute atomic E-state index is 0.182. The van der Waals surface area contributed by atoms with Gasteiger partial charge in [-0.15, -0.1) is 0 Å². The van der Waals surface area contributed by atoms with Gasteiger partial charge in [0.15, 0.2) is 0 Å². The number of hydrogen-bond acceptors (Lipinski definition) is 5. The summed E-state index contributed by atoms with van der Waals surface area (Å²) < 4.78 is 0. The molecule has 0 aliphatic carbocycles. The van der Waals surface area contributed by atoms with E-state index in [1.54, 1.807) is 6.20 Å². The number of nitrogens with zero attached hydrogens (tertiary/aromatic N) is 3. The van der Waals surface area contributed by atoms with Crippen molar-refractivity contribution in [3.05, 3.63) is 54.5 Å². The molecule has 0 bridgehead atoms. The molecule has 1 saturated heterocycles. The maximum Gasteiger partial charge on any atom is 0.289 e. The van der Waals surface area contributed by atoms with Crippen molar-refractivity contribution in [2.45, 2.75) is 18.9 Å². The summed E-state index contributed by atoms with van der Waals surface area (Å²) in [5, 5.41) is 5.12. The molecule has 1 amide bonds. The Morgan fingerprint density at radius 3 is 2.81 bits per heavy atom. The SMILES string of the molecule is CN1CCC(NC(=O)c2nccc(-c3ccc4cccc(N)c4c3)n2)CC1. The predicted octanol–water partition coefficient (Wildman–Crippen LogP) is 2.70. The number of piperidine rings is 1. The van der Waals surface area contributed by atoms with Crippen LogP contribution >= 0.6 is 0 Å². The summed E-state index contributed by atoms with van der Waals surface area (Å²) in [6.07, 6.45) is 3.53. The fourth-order valence-electron chi connectivity index (χ4n) is 3.49. The Bertz CT molecular complexity index is 979. The summed E-state index contributed by atoms with van der Waals surface area (Å²) in [5.41, 5.74) is 8.45. The Morgan fingerprint density at radius 2 is 2.00 bits per heavy atom. The third-order valence-corrected chi connectivity index (χ3v) is 5.12. The largest absolute Gasteiger partial charge is 0.398 e. The fourth-order valence-corrected chi connectivity index (χ4v) is 3.49. The van der Waals surface area contributed by atoms with Gasteiger partial charge in [-0.3, -0.25) is 4.79 Å². The molecule has 2 heterocycles. The average molecular weight is 361 g/mol. The third kappa shape index (κ3) is 3.75. The van der Waals surface area contributed by atoms with E-state index in [0.717, 1.165) is 48.0 Å². The number of nitrogens with one attached hydrogen (secondary N) is 1. The highest BCUT2D eigenvalue weighted by Gasteiger charge is 2.20. The second kappa shape index (κ2) is 7.32. The summed E-state index contributed by atoms with van der Waals surface area (Å²) in [7, 11) is 2.10. The highest BCUT2D eigenvalue weighted by Crippen LogP contribution is 2.26. The molecule has 4 rings (SSSR count). The third-order valence-electron chi connectivity index (χ3n) is 5.12. The van der Waals surface area contributed by atoms with Crippen LogP contribution in [0.25, 0.3) is 22.0 Å². The number of benzene rings is 2. The van der Waals surface area contributed by atoms with Crippen molar-refractivity contribution in [1.29, 1.82) is 0 Å². The van der Waals surface area contributed by atoms with Crippen LogP contribution in [0.4, 0.5) is 5.69 Å². The number of nitrogens with two attached hydrogens (primary N) is 1. The quantitative estimate of drug-likeness (QED) is 0.701. The molecule has 1 fully saturated rings. The fraction of sp³-hybridized carbons (Fsp3) is 0.286. The summed E-state index contributed by atoms with van der Waals surface area (Å²) >= 11 is 0. The van der Waals surface area contributed by atoms with Crippen molar-refractivity contribution < 1.29 is 4.79 Å². The molecule has 0 unspecified atom stereocenters.